The molecule has 124 valence electrons. The third-order valence-corrected chi connectivity index (χ3v) is 6.01. The van der Waals surface area contributed by atoms with Gasteiger partial charge >= 0.3 is 0 Å². The maximum Gasteiger partial charge on any atom is 0.228 e. The molecule has 0 radical (unpaired) electrons. The van der Waals surface area contributed by atoms with Gasteiger partial charge in [-0.3, -0.25) is 4.79 Å². The van der Waals surface area contributed by atoms with Crippen molar-refractivity contribution in [2.24, 2.45) is 11.3 Å². The van der Waals surface area contributed by atoms with Crippen LogP contribution in [-0.2, 0) is 4.79 Å². The maximum atomic E-state index is 12.7. The van der Waals surface area contributed by atoms with Crippen LogP contribution in [-0.4, -0.2) is 38.5 Å². The molecule has 6 heteroatoms. The Morgan fingerprint density at radius 3 is 2.65 bits per heavy atom. The van der Waals surface area contributed by atoms with E-state index in [0.29, 0.717) is 13.2 Å². The molecule has 3 aliphatic rings. The standard InChI is InChI=1S/C17H22N2O3S/c1-23-15-9-14-13(21-6-7-22-14)8-12(15)19-16(20)11-10-17(11)2-4-18-5-3-17/h8-9,11,18H,2-7,10H2,1H3,(H,19,20). The van der Waals surface area contributed by atoms with E-state index in [-0.39, 0.29) is 17.2 Å². The number of amides is 1. The normalized spacial score (nSPS) is 24.3. The number of carbonyl (C=O) groups excluding carboxylic acids is 1. The van der Waals surface area contributed by atoms with Gasteiger partial charge in [0.25, 0.3) is 0 Å². The van der Waals surface area contributed by atoms with Crippen LogP contribution < -0.4 is 20.1 Å². The molecule has 2 aliphatic heterocycles. The summed E-state index contributed by atoms with van der Waals surface area (Å²) in [6, 6.07) is 3.86. The molecule has 2 fully saturated rings. The molecule has 1 unspecified atom stereocenters. The van der Waals surface area contributed by atoms with E-state index in [4.69, 9.17) is 9.47 Å². The zero-order valence-electron chi connectivity index (χ0n) is 13.3. The van der Waals surface area contributed by atoms with E-state index in [0.717, 1.165) is 54.4 Å². The average Bonchev–Trinajstić information content (AvgIpc) is 3.28. The number of nitrogens with one attached hydrogen (secondary N) is 2. The fourth-order valence-corrected chi connectivity index (χ4v) is 4.31. The molecule has 1 spiro atoms. The quantitative estimate of drug-likeness (QED) is 0.832. The van der Waals surface area contributed by atoms with E-state index < -0.39 is 0 Å². The first-order chi connectivity index (χ1) is 11.2. The van der Waals surface area contributed by atoms with Crippen molar-refractivity contribution in [3.05, 3.63) is 12.1 Å². The first-order valence-corrected chi connectivity index (χ1v) is 9.43. The lowest BCUT2D eigenvalue weighted by molar-refractivity contribution is -0.118. The van der Waals surface area contributed by atoms with E-state index in [2.05, 4.69) is 10.6 Å². The molecule has 4 rings (SSSR count). The summed E-state index contributed by atoms with van der Waals surface area (Å²) in [6.45, 7) is 3.19. The Morgan fingerprint density at radius 2 is 1.96 bits per heavy atom. The van der Waals surface area contributed by atoms with Crippen molar-refractivity contribution >= 4 is 23.4 Å². The third-order valence-electron chi connectivity index (χ3n) is 5.23. The minimum absolute atomic E-state index is 0.152. The zero-order valence-corrected chi connectivity index (χ0v) is 14.1. The lowest BCUT2D eigenvalue weighted by Gasteiger charge is -2.24. The number of piperidine rings is 1. The summed E-state index contributed by atoms with van der Waals surface area (Å²) in [7, 11) is 0. The minimum atomic E-state index is 0.152. The highest BCUT2D eigenvalue weighted by molar-refractivity contribution is 7.98. The predicted octanol–water partition coefficient (Wildman–Crippen LogP) is 2.51. The van der Waals surface area contributed by atoms with Crippen molar-refractivity contribution in [2.45, 2.75) is 24.2 Å². The second-order valence-corrected chi connectivity index (χ2v) is 7.40. The van der Waals surface area contributed by atoms with Gasteiger partial charge in [-0.2, -0.15) is 0 Å². The highest BCUT2D eigenvalue weighted by Gasteiger charge is 2.57. The highest BCUT2D eigenvalue weighted by atomic mass is 32.2. The first-order valence-electron chi connectivity index (χ1n) is 8.21. The van der Waals surface area contributed by atoms with Crippen LogP contribution in [0.5, 0.6) is 11.5 Å². The van der Waals surface area contributed by atoms with E-state index in [1.807, 2.05) is 18.4 Å². The van der Waals surface area contributed by atoms with Crippen LogP contribution >= 0.6 is 11.8 Å². The summed E-state index contributed by atoms with van der Waals surface area (Å²) < 4.78 is 11.3. The van der Waals surface area contributed by atoms with Crippen LogP contribution in [0.15, 0.2) is 17.0 Å². The first kappa shape index (κ1) is 15.1. The van der Waals surface area contributed by atoms with E-state index >= 15 is 0 Å². The molecule has 1 atom stereocenters. The van der Waals surface area contributed by atoms with Gasteiger partial charge in [0.05, 0.1) is 5.69 Å². The molecule has 1 aliphatic carbocycles. The Hall–Kier alpha value is -1.40. The largest absolute Gasteiger partial charge is 0.486 e. The number of fused-ring (bicyclic) bond motifs is 1. The van der Waals surface area contributed by atoms with Crippen LogP contribution in [0.4, 0.5) is 5.69 Å². The highest BCUT2D eigenvalue weighted by Crippen LogP contribution is 2.59. The second-order valence-electron chi connectivity index (χ2n) is 6.55. The fourth-order valence-electron chi connectivity index (χ4n) is 3.75. The molecule has 0 bridgehead atoms. The van der Waals surface area contributed by atoms with Crippen LogP contribution in [0, 0.1) is 11.3 Å². The summed E-state index contributed by atoms with van der Waals surface area (Å²) in [5, 5.41) is 6.51. The summed E-state index contributed by atoms with van der Waals surface area (Å²) in [5.41, 5.74) is 1.09. The van der Waals surface area contributed by atoms with Gasteiger partial charge in [-0.05, 0) is 50.1 Å². The number of hydrogen-bond acceptors (Lipinski definition) is 5. The molecule has 1 aromatic carbocycles. The number of ether oxygens (including phenoxy) is 2. The zero-order chi connectivity index (χ0) is 15.9. The van der Waals surface area contributed by atoms with Crippen molar-refractivity contribution in [1.82, 2.24) is 5.32 Å². The molecule has 1 amide bonds. The van der Waals surface area contributed by atoms with Gasteiger partial charge in [0.2, 0.25) is 5.91 Å². The van der Waals surface area contributed by atoms with Gasteiger partial charge in [0, 0.05) is 16.9 Å². The number of hydrogen-bond donors (Lipinski definition) is 2. The fraction of sp³-hybridized carbons (Fsp3) is 0.588. The van der Waals surface area contributed by atoms with E-state index in [1.54, 1.807) is 11.8 Å². The minimum Gasteiger partial charge on any atom is -0.486 e. The number of carbonyl (C=O) groups is 1. The van der Waals surface area contributed by atoms with Crippen molar-refractivity contribution in [1.29, 1.82) is 0 Å². The number of thioether (sulfide) groups is 1. The Labute approximate surface area is 140 Å². The molecule has 1 saturated carbocycles. The van der Waals surface area contributed by atoms with Crippen molar-refractivity contribution in [3.63, 3.8) is 0 Å². The molecule has 1 saturated heterocycles. The Bertz CT molecular complexity index is 629. The van der Waals surface area contributed by atoms with E-state index in [9.17, 15) is 4.79 Å². The van der Waals surface area contributed by atoms with Gasteiger partial charge in [-0.25, -0.2) is 0 Å². The van der Waals surface area contributed by atoms with Gasteiger partial charge in [0.1, 0.15) is 13.2 Å². The molecule has 0 aromatic heterocycles. The Balaban J connectivity index is 1.51. The van der Waals surface area contributed by atoms with Gasteiger partial charge in [0.15, 0.2) is 11.5 Å². The van der Waals surface area contributed by atoms with Crippen molar-refractivity contribution in [3.8, 4) is 11.5 Å². The Kier molecular flexibility index (Phi) is 3.89. The summed E-state index contributed by atoms with van der Waals surface area (Å²) >= 11 is 1.61. The topological polar surface area (TPSA) is 59.6 Å². The lowest BCUT2D eigenvalue weighted by Crippen LogP contribution is -2.31. The SMILES string of the molecule is CSc1cc2c(cc1NC(=O)C1CC13CCNCC3)OCCO2. The van der Waals surface area contributed by atoms with E-state index in [1.165, 1.54) is 0 Å². The molecular formula is C17H22N2O3S. The van der Waals surface area contributed by atoms with Gasteiger partial charge in [-0.15, -0.1) is 11.8 Å². The second kappa shape index (κ2) is 5.91. The lowest BCUT2D eigenvalue weighted by atomic mass is 9.92. The van der Waals surface area contributed by atoms with Crippen molar-refractivity contribution < 1.29 is 14.3 Å². The monoisotopic (exact) mass is 334 g/mol. The molecule has 1 aromatic rings. The summed E-state index contributed by atoms with van der Waals surface area (Å²) in [4.78, 5) is 13.7. The Morgan fingerprint density at radius 1 is 1.26 bits per heavy atom. The molecule has 23 heavy (non-hydrogen) atoms. The molecule has 2 heterocycles. The van der Waals surface area contributed by atoms with Crippen LogP contribution in [0.2, 0.25) is 0 Å². The number of rotatable bonds is 3. The van der Waals surface area contributed by atoms with Crippen molar-refractivity contribution in [2.75, 3.05) is 37.9 Å². The maximum absolute atomic E-state index is 12.7. The average molecular weight is 334 g/mol. The third kappa shape index (κ3) is 2.78. The van der Waals surface area contributed by atoms with Gasteiger partial charge < -0.3 is 20.1 Å². The molecular weight excluding hydrogens is 312 g/mol. The smallest absolute Gasteiger partial charge is 0.228 e. The summed E-state index contributed by atoms with van der Waals surface area (Å²) in [5.74, 6) is 1.79. The summed E-state index contributed by atoms with van der Waals surface area (Å²) in [6.07, 6.45) is 5.26. The number of anilines is 1. The molecule has 5 nitrogen and oxygen atoms in total. The number of benzene rings is 1. The van der Waals surface area contributed by atoms with Crippen LogP contribution in [0.3, 0.4) is 0 Å². The van der Waals surface area contributed by atoms with Gasteiger partial charge in [-0.1, -0.05) is 0 Å². The van der Waals surface area contributed by atoms with Crippen LogP contribution in [0.1, 0.15) is 19.3 Å². The molecule has 2 N–H and O–H groups in total. The predicted molar refractivity (Wildman–Crippen MR) is 90.5 cm³/mol. The van der Waals surface area contributed by atoms with Crippen LogP contribution in [0.25, 0.3) is 0 Å².